The number of aromatic nitrogens is 3. The second-order valence-corrected chi connectivity index (χ2v) is 7.42. The first-order valence-corrected chi connectivity index (χ1v) is 10.2. The van der Waals surface area contributed by atoms with Gasteiger partial charge < -0.3 is 14.2 Å². The molecular weight excluding hydrogens is 348 g/mol. The van der Waals surface area contributed by atoms with Gasteiger partial charge >= 0.3 is 0 Å². The summed E-state index contributed by atoms with van der Waals surface area (Å²) in [5, 5.41) is 9.42. The Bertz CT molecular complexity index is 730. The smallest absolute Gasteiger partial charge is 0.233 e. The lowest BCUT2D eigenvalue weighted by atomic mass is 10.2. The summed E-state index contributed by atoms with van der Waals surface area (Å²) >= 11 is 1.49. The van der Waals surface area contributed by atoms with Crippen LogP contribution in [0, 0.1) is 0 Å². The van der Waals surface area contributed by atoms with Crippen LogP contribution >= 0.6 is 11.8 Å². The molecule has 1 aromatic carbocycles. The largest absolute Gasteiger partial charge is 0.494 e. The lowest BCUT2D eigenvalue weighted by Crippen LogP contribution is -2.27. The molecule has 0 saturated heterocycles. The predicted molar refractivity (Wildman–Crippen MR) is 102 cm³/mol. The lowest BCUT2D eigenvalue weighted by molar-refractivity contribution is -0.127. The highest BCUT2D eigenvalue weighted by atomic mass is 32.2. The van der Waals surface area contributed by atoms with E-state index >= 15 is 0 Å². The molecule has 0 atom stereocenters. The molecule has 0 radical (unpaired) electrons. The Morgan fingerprint density at radius 2 is 2.04 bits per heavy atom. The average molecular weight is 375 g/mol. The Morgan fingerprint density at radius 3 is 2.81 bits per heavy atom. The van der Waals surface area contributed by atoms with E-state index in [4.69, 9.17) is 4.74 Å². The summed E-state index contributed by atoms with van der Waals surface area (Å²) in [4.78, 5) is 14.2. The third-order valence-electron chi connectivity index (χ3n) is 4.48. The van der Waals surface area contributed by atoms with Gasteiger partial charge in [-0.15, -0.1) is 10.2 Å². The minimum absolute atomic E-state index is 0.0925. The molecule has 0 saturated carbocycles. The molecule has 1 aromatic heterocycles. The fourth-order valence-corrected chi connectivity index (χ4v) is 3.95. The maximum atomic E-state index is 12.5. The van der Waals surface area contributed by atoms with Gasteiger partial charge in [0.2, 0.25) is 5.91 Å². The molecule has 26 heavy (non-hydrogen) atoms. The average Bonchev–Trinajstić information content (AvgIpc) is 2.87. The molecule has 2 heterocycles. The maximum absolute atomic E-state index is 12.5. The van der Waals surface area contributed by atoms with E-state index in [0.717, 1.165) is 41.7 Å². The first-order valence-electron chi connectivity index (χ1n) is 9.18. The Balaban J connectivity index is 1.52. The second-order valence-electron chi connectivity index (χ2n) is 6.48. The number of ether oxygens (including phenoxy) is 1. The number of amides is 1. The molecule has 1 amide bonds. The van der Waals surface area contributed by atoms with Crippen LogP contribution in [0.1, 0.15) is 37.6 Å². The summed E-state index contributed by atoms with van der Waals surface area (Å²) < 4.78 is 7.63. The summed E-state index contributed by atoms with van der Waals surface area (Å²) in [6, 6.07) is 7.88. The van der Waals surface area contributed by atoms with Crippen LogP contribution in [-0.2, 0) is 24.3 Å². The van der Waals surface area contributed by atoms with E-state index in [9.17, 15) is 4.79 Å². The van der Waals surface area contributed by atoms with Gasteiger partial charge in [0.25, 0.3) is 0 Å². The molecular formula is C19H26N4O2S. The quantitative estimate of drug-likeness (QED) is 0.697. The maximum Gasteiger partial charge on any atom is 0.233 e. The zero-order chi connectivity index (χ0) is 18.4. The number of hydrogen-bond acceptors (Lipinski definition) is 5. The minimum Gasteiger partial charge on any atom is -0.494 e. The highest BCUT2D eigenvalue weighted by Crippen LogP contribution is 2.22. The van der Waals surface area contributed by atoms with Gasteiger partial charge in [0.15, 0.2) is 5.16 Å². The first-order chi connectivity index (χ1) is 12.7. The number of fused-ring (bicyclic) bond motifs is 1. The zero-order valence-electron chi connectivity index (χ0n) is 15.5. The molecule has 1 aliphatic rings. The molecule has 3 rings (SSSR count). The van der Waals surface area contributed by atoms with Crippen LogP contribution in [0.15, 0.2) is 29.4 Å². The second kappa shape index (κ2) is 9.07. The van der Waals surface area contributed by atoms with Crippen LogP contribution in [-0.4, -0.2) is 45.0 Å². The van der Waals surface area contributed by atoms with Gasteiger partial charge in [0.05, 0.1) is 12.4 Å². The van der Waals surface area contributed by atoms with Crippen LogP contribution in [0.4, 0.5) is 0 Å². The fraction of sp³-hybridized carbons (Fsp3) is 0.526. The molecule has 0 unspecified atom stereocenters. The van der Waals surface area contributed by atoms with Crippen molar-refractivity contribution in [2.45, 2.75) is 50.9 Å². The molecule has 2 aromatic rings. The number of thioether (sulfide) groups is 1. The Kier molecular flexibility index (Phi) is 6.55. The van der Waals surface area contributed by atoms with E-state index in [-0.39, 0.29) is 5.91 Å². The molecule has 0 bridgehead atoms. The van der Waals surface area contributed by atoms with Crippen molar-refractivity contribution in [2.75, 3.05) is 19.4 Å². The van der Waals surface area contributed by atoms with Crippen molar-refractivity contribution in [3.8, 4) is 5.75 Å². The van der Waals surface area contributed by atoms with Gasteiger partial charge in [-0.1, -0.05) is 30.3 Å². The summed E-state index contributed by atoms with van der Waals surface area (Å²) in [6.07, 6.45) is 4.55. The molecule has 0 N–H and O–H groups in total. The van der Waals surface area contributed by atoms with Crippen molar-refractivity contribution in [2.24, 2.45) is 0 Å². The summed E-state index contributed by atoms with van der Waals surface area (Å²) in [5.41, 5.74) is 1.09. The third kappa shape index (κ3) is 4.78. The van der Waals surface area contributed by atoms with E-state index in [1.807, 2.05) is 38.2 Å². The van der Waals surface area contributed by atoms with Crippen LogP contribution < -0.4 is 4.74 Å². The Hall–Kier alpha value is -2.02. The van der Waals surface area contributed by atoms with Gasteiger partial charge in [0, 0.05) is 26.6 Å². The third-order valence-corrected chi connectivity index (χ3v) is 5.43. The molecule has 0 fully saturated rings. The standard InChI is InChI=1S/C19H26N4O2S/c1-3-25-16-10-8-15(9-11-16)13-22(2)18(24)14-26-19-21-20-17-7-5-4-6-12-23(17)19/h8-11H,3-7,12-14H2,1-2H3. The summed E-state index contributed by atoms with van der Waals surface area (Å²) in [6.45, 7) is 4.16. The Labute approximate surface area is 158 Å². The van der Waals surface area contributed by atoms with Crippen LogP contribution in [0.2, 0.25) is 0 Å². The van der Waals surface area contributed by atoms with Crippen molar-refractivity contribution in [1.82, 2.24) is 19.7 Å². The van der Waals surface area contributed by atoms with Crippen molar-refractivity contribution in [3.63, 3.8) is 0 Å². The lowest BCUT2D eigenvalue weighted by Gasteiger charge is -2.17. The SMILES string of the molecule is CCOc1ccc(CN(C)C(=O)CSc2nnc3n2CCCCC3)cc1. The van der Waals surface area contributed by atoms with Gasteiger partial charge in [-0.05, 0) is 37.5 Å². The predicted octanol–water partition coefficient (Wildman–Crippen LogP) is 3.15. The number of rotatable bonds is 7. The molecule has 0 aliphatic carbocycles. The highest BCUT2D eigenvalue weighted by molar-refractivity contribution is 7.99. The highest BCUT2D eigenvalue weighted by Gasteiger charge is 2.17. The number of carbonyl (C=O) groups is 1. The number of nitrogens with zero attached hydrogens (tertiary/aromatic N) is 4. The topological polar surface area (TPSA) is 60.2 Å². The van der Waals surface area contributed by atoms with Gasteiger partial charge in [-0.3, -0.25) is 4.79 Å². The molecule has 0 spiro atoms. The molecule has 140 valence electrons. The van der Waals surface area contributed by atoms with E-state index in [0.29, 0.717) is 18.9 Å². The van der Waals surface area contributed by atoms with Crippen molar-refractivity contribution in [1.29, 1.82) is 0 Å². The summed E-state index contributed by atoms with van der Waals surface area (Å²) in [5.74, 6) is 2.38. The van der Waals surface area contributed by atoms with E-state index in [1.54, 1.807) is 4.90 Å². The van der Waals surface area contributed by atoms with Crippen molar-refractivity contribution >= 4 is 17.7 Å². The first kappa shape index (κ1) is 18.8. The van der Waals surface area contributed by atoms with Gasteiger partial charge in [0.1, 0.15) is 11.6 Å². The van der Waals surface area contributed by atoms with Crippen LogP contribution in [0.5, 0.6) is 5.75 Å². The van der Waals surface area contributed by atoms with E-state index in [1.165, 1.54) is 24.6 Å². The van der Waals surface area contributed by atoms with Crippen LogP contribution in [0.25, 0.3) is 0 Å². The fourth-order valence-electron chi connectivity index (χ4n) is 3.02. The van der Waals surface area contributed by atoms with Crippen LogP contribution in [0.3, 0.4) is 0 Å². The number of carbonyl (C=O) groups excluding carboxylic acids is 1. The Morgan fingerprint density at radius 1 is 1.23 bits per heavy atom. The van der Waals surface area contributed by atoms with Crippen molar-refractivity contribution in [3.05, 3.63) is 35.7 Å². The molecule has 7 heteroatoms. The number of hydrogen-bond donors (Lipinski definition) is 0. The minimum atomic E-state index is 0.0925. The molecule has 6 nitrogen and oxygen atoms in total. The molecule has 1 aliphatic heterocycles. The number of benzene rings is 1. The van der Waals surface area contributed by atoms with Gasteiger partial charge in [-0.25, -0.2) is 0 Å². The number of aryl methyl sites for hydroxylation is 1. The van der Waals surface area contributed by atoms with E-state index in [2.05, 4.69) is 14.8 Å². The van der Waals surface area contributed by atoms with E-state index < -0.39 is 0 Å². The van der Waals surface area contributed by atoms with Crippen molar-refractivity contribution < 1.29 is 9.53 Å². The monoisotopic (exact) mass is 374 g/mol. The zero-order valence-corrected chi connectivity index (χ0v) is 16.3. The normalized spacial score (nSPS) is 13.8. The van der Waals surface area contributed by atoms with Gasteiger partial charge in [-0.2, -0.15) is 0 Å². The summed E-state index contributed by atoms with van der Waals surface area (Å²) in [7, 11) is 1.84.